The summed E-state index contributed by atoms with van der Waals surface area (Å²) in [6.45, 7) is 6.75. The zero-order valence-corrected chi connectivity index (χ0v) is 11.0. The van der Waals surface area contributed by atoms with Crippen LogP contribution in [0.15, 0.2) is 42.1 Å². The molecule has 0 radical (unpaired) electrons. The van der Waals surface area contributed by atoms with Gasteiger partial charge in [-0.05, 0) is 18.4 Å². The summed E-state index contributed by atoms with van der Waals surface area (Å²) in [5.74, 6) is 1.04. The smallest absolute Gasteiger partial charge is 0.131 e. The van der Waals surface area contributed by atoms with Crippen LogP contribution in [0.4, 0.5) is 0 Å². The van der Waals surface area contributed by atoms with E-state index in [4.69, 9.17) is 0 Å². The Morgan fingerprint density at radius 1 is 1.65 bits per heavy atom. The summed E-state index contributed by atoms with van der Waals surface area (Å²) >= 11 is 1.74. The van der Waals surface area contributed by atoms with Crippen molar-refractivity contribution in [2.45, 2.75) is 13.0 Å². The SMILES string of the molecule is C=C(C)CNC(c1cccs1)c1nccn1C. The topological polar surface area (TPSA) is 29.9 Å². The number of rotatable bonds is 5. The van der Waals surface area contributed by atoms with Crippen LogP contribution in [0.5, 0.6) is 0 Å². The molecular formula is C13H17N3S. The molecule has 2 rings (SSSR count). The quantitative estimate of drug-likeness (QED) is 0.823. The van der Waals surface area contributed by atoms with Crippen molar-refractivity contribution in [3.63, 3.8) is 0 Å². The molecule has 0 fully saturated rings. The Kier molecular flexibility index (Phi) is 3.76. The van der Waals surface area contributed by atoms with E-state index in [0.717, 1.165) is 17.9 Å². The minimum Gasteiger partial charge on any atom is -0.336 e. The Labute approximate surface area is 106 Å². The maximum absolute atomic E-state index is 4.43. The van der Waals surface area contributed by atoms with Gasteiger partial charge in [-0.3, -0.25) is 5.32 Å². The number of aryl methyl sites for hydroxylation is 1. The van der Waals surface area contributed by atoms with E-state index in [1.54, 1.807) is 11.3 Å². The van der Waals surface area contributed by atoms with E-state index < -0.39 is 0 Å². The monoisotopic (exact) mass is 247 g/mol. The number of nitrogens with one attached hydrogen (secondary N) is 1. The Morgan fingerprint density at radius 3 is 3.00 bits per heavy atom. The van der Waals surface area contributed by atoms with Crippen molar-refractivity contribution in [2.24, 2.45) is 7.05 Å². The number of aromatic nitrogens is 2. The Balaban J connectivity index is 2.25. The average molecular weight is 247 g/mol. The van der Waals surface area contributed by atoms with E-state index in [2.05, 4.69) is 39.0 Å². The fourth-order valence-corrected chi connectivity index (χ4v) is 2.50. The summed E-state index contributed by atoms with van der Waals surface area (Å²) in [4.78, 5) is 5.71. The van der Waals surface area contributed by atoms with Crippen LogP contribution in [-0.2, 0) is 7.05 Å². The molecule has 17 heavy (non-hydrogen) atoms. The molecule has 90 valence electrons. The van der Waals surface area contributed by atoms with E-state index in [1.807, 2.05) is 26.4 Å². The maximum Gasteiger partial charge on any atom is 0.131 e. The van der Waals surface area contributed by atoms with Crippen LogP contribution in [0.3, 0.4) is 0 Å². The third-order valence-electron chi connectivity index (χ3n) is 2.55. The molecule has 1 atom stereocenters. The molecule has 2 aromatic rings. The second-order valence-corrected chi connectivity index (χ2v) is 5.16. The van der Waals surface area contributed by atoms with Crippen LogP contribution < -0.4 is 5.32 Å². The van der Waals surface area contributed by atoms with Gasteiger partial charge in [-0.1, -0.05) is 18.2 Å². The van der Waals surface area contributed by atoms with Gasteiger partial charge in [0, 0.05) is 30.9 Å². The van der Waals surface area contributed by atoms with E-state index in [1.165, 1.54) is 4.88 Å². The predicted molar refractivity (Wildman–Crippen MR) is 72.2 cm³/mol. The largest absolute Gasteiger partial charge is 0.336 e. The van der Waals surface area contributed by atoms with Crippen LogP contribution in [0.2, 0.25) is 0 Å². The van der Waals surface area contributed by atoms with Crippen molar-refractivity contribution in [1.82, 2.24) is 14.9 Å². The first-order valence-corrected chi connectivity index (χ1v) is 6.45. The molecule has 2 heterocycles. The van der Waals surface area contributed by atoms with Gasteiger partial charge in [-0.2, -0.15) is 0 Å². The molecule has 0 aliphatic carbocycles. The summed E-state index contributed by atoms with van der Waals surface area (Å²) in [6.07, 6.45) is 3.80. The summed E-state index contributed by atoms with van der Waals surface area (Å²) in [5.41, 5.74) is 1.13. The molecule has 0 aromatic carbocycles. The lowest BCUT2D eigenvalue weighted by Gasteiger charge is -2.17. The van der Waals surface area contributed by atoms with Crippen LogP contribution in [0.25, 0.3) is 0 Å². The van der Waals surface area contributed by atoms with E-state index >= 15 is 0 Å². The first kappa shape index (κ1) is 12.1. The summed E-state index contributed by atoms with van der Waals surface area (Å²) in [7, 11) is 2.02. The van der Waals surface area contributed by atoms with Crippen molar-refractivity contribution in [3.05, 3.63) is 52.8 Å². The predicted octanol–water partition coefficient (Wildman–Crippen LogP) is 2.74. The zero-order chi connectivity index (χ0) is 12.3. The van der Waals surface area contributed by atoms with Crippen molar-refractivity contribution < 1.29 is 0 Å². The molecule has 1 N–H and O–H groups in total. The van der Waals surface area contributed by atoms with Crippen molar-refractivity contribution >= 4 is 11.3 Å². The van der Waals surface area contributed by atoms with Gasteiger partial charge in [-0.25, -0.2) is 4.98 Å². The van der Waals surface area contributed by atoms with Crippen molar-refractivity contribution in [1.29, 1.82) is 0 Å². The normalized spacial score (nSPS) is 12.6. The number of thiophene rings is 1. The molecule has 1 unspecified atom stereocenters. The fraction of sp³-hybridized carbons (Fsp3) is 0.308. The van der Waals surface area contributed by atoms with E-state index in [9.17, 15) is 0 Å². The van der Waals surface area contributed by atoms with Gasteiger partial charge in [0.15, 0.2) is 0 Å². The van der Waals surface area contributed by atoms with E-state index in [-0.39, 0.29) is 6.04 Å². The third kappa shape index (κ3) is 2.84. The fourth-order valence-electron chi connectivity index (χ4n) is 1.71. The standard InChI is InChI=1S/C13H17N3S/c1-10(2)9-15-12(11-5-4-8-17-11)13-14-6-7-16(13)3/h4-8,12,15H,1,9H2,2-3H3. The molecule has 4 heteroatoms. The van der Waals surface area contributed by atoms with Gasteiger partial charge in [-0.15, -0.1) is 11.3 Å². The minimum atomic E-state index is 0.145. The first-order valence-electron chi connectivity index (χ1n) is 5.57. The highest BCUT2D eigenvalue weighted by Gasteiger charge is 2.18. The molecule has 0 spiro atoms. The second kappa shape index (κ2) is 5.29. The number of hydrogen-bond acceptors (Lipinski definition) is 3. The average Bonchev–Trinajstić information content (AvgIpc) is 2.91. The molecule has 2 aromatic heterocycles. The van der Waals surface area contributed by atoms with Gasteiger partial charge in [0.25, 0.3) is 0 Å². The lowest BCUT2D eigenvalue weighted by atomic mass is 10.2. The highest BCUT2D eigenvalue weighted by atomic mass is 32.1. The Morgan fingerprint density at radius 2 is 2.47 bits per heavy atom. The minimum absolute atomic E-state index is 0.145. The number of hydrogen-bond donors (Lipinski definition) is 1. The summed E-state index contributed by atoms with van der Waals surface area (Å²) in [6, 6.07) is 4.35. The number of nitrogens with zero attached hydrogens (tertiary/aromatic N) is 2. The lowest BCUT2D eigenvalue weighted by Crippen LogP contribution is -2.25. The van der Waals surface area contributed by atoms with E-state index in [0.29, 0.717) is 0 Å². The number of imidazole rings is 1. The van der Waals surface area contributed by atoms with Crippen LogP contribution in [0.1, 0.15) is 23.7 Å². The molecule has 0 aliphatic rings. The Hall–Kier alpha value is -1.39. The molecule has 0 amide bonds. The molecule has 0 bridgehead atoms. The molecule has 0 saturated carbocycles. The molecule has 0 aliphatic heterocycles. The molecular weight excluding hydrogens is 230 g/mol. The molecule has 3 nitrogen and oxygen atoms in total. The summed E-state index contributed by atoms with van der Waals surface area (Å²) < 4.78 is 2.05. The van der Waals surface area contributed by atoms with Crippen molar-refractivity contribution in [2.75, 3.05) is 6.54 Å². The summed E-state index contributed by atoms with van der Waals surface area (Å²) in [5, 5.41) is 5.58. The van der Waals surface area contributed by atoms with Crippen LogP contribution in [-0.4, -0.2) is 16.1 Å². The lowest BCUT2D eigenvalue weighted by molar-refractivity contribution is 0.592. The van der Waals surface area contributed by atoms with Gasteiger partial charge in [0.1, 0.15) is 11.9 Å². The maximum atomic E-state index is 4.43. The van der Waals surface area contributed by atoms with Crippen molar-refractivity contribution in [3.8, 4) is 0 Å². The highest BCUT2D eigenvalue weighted by Crippen LogP contribution is 2.24. The highest BCUT2D eigenvalue weighted by molar-refractivity contribution is 7.10. The van der Waals surface area contributed by atoms with Gasteiger partial charge < -0.3 is 4.57 Å². The Bertz CT molecular complexity index is 484. The van der Waals surface area contributed by atoms with Gasteiger partial charge >= 0.3 is 0 Å². The second-order valence-electron chi connectivity index (χ2n) is 4.18. The first-order chi connectivity index (χ1) is 8.18. The van der Waals surface area contributed by atoms with Gasteiger partial charge in [0.05, 0.1) is 0 Å². The van der Waals surface area contributed by atoms with Crippen LogP contribution >= 0.6 is 11.3 Å². The van der Waals surface area contributed by atoms with Crippen LogP contribution in [0, 0.1) is 0 Å². The third-order valence-corrected chi connectivity index (χ3v) is 3.49. The van der Waals surface area contributed by atoms with Gasteiger partial charge in [0.2, 0.25) is 0 Å². The zero-order valence-electron chi connectivity index (χ0n) is 10.2. The molecule has 0 saturated heterocycles.